The summed E-state index contributed by atoms with van der Waals surface area (Å²) >= 11 is 5.95. The standard InChI is InChI=1S/C14H21ClN4O2/c1-14(2,3)19-12(20)5-6-17-13(21)9-7-11(16-4)18-8-10(9)15/h7-8H,5-6H2,1-4H3,(H,16,18)(H,17,21)(H,19,20). The maximum absolute atomic E-state index is 12.0. The molecule has 0 aliphatic rings. The van der Waals surface area contributed by atoms with E-state index in [0.717, 1.165) is 0 Å². The lowest BCUT2D eigenvalue weighted by Gasteiger charge is -2.20. The molecule has 0 fully saturated rings. The summed E-state index contributed by atoms with van der Waals surface area (Å²) in [6, 6.07) is 1.56. The van der Waals surface area contributed by atoms with E-state index in [1.165, 1.54) is 6.20 Å². The lowest BCUT2D eigenvalue weighted by molar-refractivity contribution is -0.122. The minimum absolute atomic E-state index is 0.112. The third kappa shape index (κ3) is 5.99. The molecule has 0 bridgehead atoms. The van der Waals surface area contributed by atoms with Crippen molar-refractivity contribution in [3.63, 3.8) is 0 Å². The molecule has 2 amide bonds. The van der Waals surface area contributed by atoms with Crippen LogP contribution in [0.1, 0.15) is 37.6 Å². The number of anilines is 1. The fourth-order valence-electron chi connectivity index (χ4n) is 1.61. The van der Waals surface area contributed by atoms with Crippen molar-refractivity contribution in [3.8, 4) is 0 Å². The summed E-state index contributed by atoms with van der Waals surface area (Å²) in [6.07, 6.45) is 1.62. The molecule has 21 heavy (non-hydrogen) atoms. The van der Waals surface area contributed by atoms with Crippen molar-refractivity contribution in [3.05, 3.63) is 22.8 Å². The molecule has 0 aliphatic carbocycles. The van der Waals surface area contributed by atoms with E-state index in [1.54, 1.807) is 13.1 Å². The minimum Gasteiger partial charge on any atom is -0.373 e. The quantitative estimate of drug-likeness (QED) is 0.774. The zero-order valence-electron chi connectivity index (χ0n) is 12.7. The van der Waals surface area contributed by atoms with E-state index >= 15 is 0 Å². The molecule has 3 N–H and O–H groups in total. The number of hydrogen-bond acceptors (Lipinski definition) is 4. The van der Waals surface area contributed by atoms with Crippen molar-refractivity contribution in [2.75, 3.05) is 18.9 Å². The number of nitrogens with zero attached hydrogens (tertiary/aromatic N) is 1. The van der Waals surface area contributed by atoms with Gasteiger partial charge in [-0.25, -0.2) is 4.98 Å². The highest BCUT2D eigenvalue weighted by Crippen LogP contribution is 2.17. The van der Waals surface area contributed by atoms with Crippen LogP contribution in [0.25, 0.3) is 0 Å². The molecule has 116 valence electrons. The van der Waals surface area contributed by atoms with Crippen LogP contribution in [0.2, 0.25) is 5.02 Å². The normalized spacial score (nSPS) is 10.9. The van der Waals surface area contributed by atoms with Gasteiger partial charge in [-0.1, -0.05) is 11.6 Å². The summed E-state index contributed by atoms with van der Waals surface area (Å²) in [7, 11) is 1.70. The van der Waals surface area contributed by atoms with Gasteiger partial charge in [-0.2, -0.15) is 0 Å². The van der Waals surface area contributed by atoms with Crippen LogP contribution in [-0.2, 0) is 4.79 Å². The van der Waals surface area contributed by atoms with Crippen LogP contribution in [0.3, 0.4) is 0 Å². The van der Waals surface area contributed by atoms with Crippen LogP contribution in [0, 0.1) is 0 Å². The van der Waals surface area contributed by atoms with Gasteiger partial charge in [0.05, 0.1) is 10.6 Å². The van der Waals surface area contributed by atoms with Crippen LogP contribution in [0.5, 0.6) is 0 Å². The van der Waals surface area contributed by atoms with E-state index in [1.807, 2.05) is 20.8 Å². The predicted molar refractivity (Wildman–Crippen MR) is 83.6 cm³/mol. The molecule has 7 heteroatoms. The Balaban J connectivity index is 2.53. The number of nitrogens with one attached hydrogen (secondary N) is 3. The number of carbonyl (C=O) groups is 2. The van der Waals surface area contributed by atoms with Gasteiger partial charge in [0.25, 0.3) is 5.91 Å². The maximum atomic E-state index is 12.0. The summed E-state index contributed by atoms with van der Waals surface area (Å²) < 4.78 is 0. The Kier molecular flexibility index (Phi) is 5.96. The molecule has 0 unspecified atom stereocenters. The summed E-state index contributed by atoms with van der Waals surface area (Å²) in [5.41, 5.74) is 0.0456. The second kappa shape index (κ2) is 7.26. The number of halogens is 1. The number of hydrogen-bond donors (Lipinski definition) is 3. The van der Waals surface area contributed by atoms with E-state index in [9.17, 15) is 9.59 Å². The van der Waals surface area contributed by atoms with Crippen molar-refractivity contribution in [2.24, 2.45) is 0 Å². The Hall–Kier alpha value is -1.82. The second-order valence-electron chi connectivity index (χ2n) is 5.60. The summed E-state index contributed by atoms with van der Waals surface area (Å²) in [4.78, 5) is 27.7. The second-order valence-corrected chi connectivity index (χ2v) is 6.01. The van der Waals surface area contributed by atoms with Crippen LogP contribution >= 0.6 is 11.6 Å². The zero-order valence-corrected chi connectivity index (χ0v) is 13.5. The molecule has 1 heterocycles. The monoisotopic (exact) mass is 312 g/mol. The van der Waals surface area contributed by atoms with E-state index < -0.39 is 0 Å². The molecule has 0 aliphatic heterocycles. The van der Waals surface area contributed by atoms with Crippen molar-refractivity contribution >= 4 is 29.2 Å². The highest BCUT2D eigenvalue weighted by Gasteiger charge is 2.15. The van der Waals surface area contributed by atoms with Gasteiger partial charge in [0, 0.05) is 31.7 Å². The van der Waals surface area contributed by atoms with Crippen LogP contribution < -0.4 is 16.0 Å². The topological polar surface area (TPSA) is 83.1 Å². The lowest BCUT2D eigenvalue weighted by atomic mass is 10.1. The Morgan fingerprint density at radius 1 is 1.33 bits per heavy atom. The molecule has 6 nitrogen and oxygen atoms in total. The molecule has 1 aromatic rings. The highest BCUT2D eigenvalue weighted by atomic mass is 35.5. The molecule has 1 aromatic heterocycles. The minimum atomic E-state index is -0.331. The van der Waals surface area contributed by atoms with Gasteiger partial charge in [-0.3, -0.25) is 9.59 Å². The molecule has 0 spiro atoms. The average Bonchev–Trinajstić information content (AvgIpc) is 2.37. The smallest absolute Gasteiger partial charge is 0.253 e. The highest BCUT2D eigenvalue weighted by molar-refractivity contribution is 6.33. The number of carbonyl (C=O) groups excluding carboxylic acids is 2. The van der Waals surface area contributed by atoms with Crippen molar-refractivity contribution in [1.82, 2.24) is 15.6 Å². The van der Waals surface area contributed by atoms with Gasteiger partial charge in [-0.15, -0.1) is 0 Å². The fourth-order valence-corrected chi connectivity index (χ4v) is 1.80. The van der Waals surface area contributed by atoms with Crippen molar-refractivity contribution in [1.29, 1.82) is 0 Å². The Morgan fingerprint density at radius 3 is 2.57 bits per heavy atom. The third-order valence-corrected chi connectivity index (χ3v) is 2.81. The zero-order chi connectivity index (χ0) is 16.0. The number of rotatable bonds is 5. The number of amides is 2. The molecule has 0 atom stereocenters. The Morgan fingerprint density at radius 2 is 2.00 bits per heavy atom. The number of pyridine rings is 1. The van der Waals surface area contributed by atoms with E-state index in [4.69, 9.17) is 11.6 Å². The lowest BCUT2D eigenvalue weighted by Crippen LogP contribution is -2.42. The largest absolute Gasteiger partial charge is 0.373 e. The first-order valence-electron chi connectivity index (χ1n) is 6.65. The Bertz CT molecular complexity index is 526. The molecule has 1 rings (SSSR count). The van der Waals surface area contributed by atoms with E-state index in [-0.39, 0.29) is 35.3 Å². The van der Waals surface area contributed by atoms with Gasteiger partial charge in [0.2, 0.25) is 5.91 Å². The molecular formula is C14H21ClN4O2. The van der Waals surface area contributed by atoms with Gasteiger partial charge < -0.3 is 16.0 Å². The molecule has 0 radical (unpaired) electrons. The first-order chi connectivity index (χ1) is 9.73. The molecular weight excluding hydrogens is 292 g/mol. The van der Waals surface area contributed by atoms with Crippen LogP contribution in [0.15, 0.2) is 12.3 Å². The summed E-state index contributed by atoms with van der Waals surface area (Å²) in [5.74, 6) is 0.108. The Labute approximate surface area is 129 Å². The van der Waals surface area contributed by atoms with E-state index in [2.05, 4.69) is 20.9 Å². The van der Waals surface area contributed by atoms with Gasteiger partial charge in [0.15, 0.2) is 0 Å². The molecule has 0 saturated heterocycles. The van der Waals surface area contributed by atoms with Crippen LogP contribution in [0.4, 0.5) is 5.82 Å². The van der Waals surface area contributed by atoms with Crippen LogP contribution in [-0.4, -0.2) is 35.9 Å². The maximum Gasteiger partial charge on any atom is 0.253 e. The van der Waals surface area contributed by atoms with Gasteiger partial charge >= 0.3 is 0 Å². The molecule has 0 aromatic carbocycles. The van der Waals surface area contributed by atoms with Crippen molar-refractivity contribution in [2.45, 2.75) is 32.7 Å². The summed E-state index contributed by atoms with van der Waals surface area (Å²) in [5, 5.41) is 8.60. The first-order valence-corrected chi connectivity index (χ1v) is 7.03. The van der Waals surface area contributed by atoms with Gasteiger partial charge in [0.1, 0.15) is 5.82 Å². The predicted octanol–water partition coefficient (Wildman–Crippen LogP) is 1.81. The fraction of sp³-hybridized carbons (Fsp3) is 0.500. The molecule has 0 saturated carbocycles. The van der Waals surface area contributed by atoms with E-state index in [0.29, 0.717) is 11.4 Å². The third-order valence-electron chi connectivity index (χ3n) is 2.51. The van der Waals surface area contributed by atoms with Gasteiger partial charge in [-0.05, 0) is 26.8 Å². The number of aromatic nitrogens is 1. The SMILES string of the molecule is CNc1cc(C(=O)NCCC(=O)NC(C)(C)C)c(Cl)cn1. The first kappa shape index (κ1) is 17.2. The summed E-state index contributed by atoms with van der Waals surface area (Å²) in [6.45, 7) is 5.95. The average molecular weight is 313 g/mol. The van der Waals surface area contributed by atoms with Crippen molar-refractivity contribution < 1.29 is 9.59 Å².